The van der Waals surface area contributed by atoms with Gasteiger partial charge in [-0.2, -0.15) is 5.10 Å². The average molecular weight is 487 g/mol. The molecule has 0 bridgehead atoms. The number of sulfone groups is 1. The van der Waals surface area contributed by atoms with E-state index >= 15 is 0 Å². The molecule has 0 aliphatic heterocycles. The van der Waals surface area contributed by atoms with Crippen LogP contribution in [0.1, 0.15) is 10.4 Å². The Labute approximate surface area is 200 Å². The topological polar surface area (TPSA) is 105 Å². The number of fused-ring (bicyclic) bond motifs is 1. The number of rotatable bonds is 5. The van der Waals surface area contributed by atoms with Crippen LogP contribution in [0, 0.1) is 5.82 Å². The number of nitrogens with one attached hydrogen (secondary N) is 2. The number of H-pyrrole nitrogens is 1. The number of halogens is 1. The zero-order chi connectivity index (χ0) is 24.6. The van der Waals surface area contributed by atoms with Gasteiger partial charge >= 0.3 is 0 Å². The first-order valence-corrected chi connectivity index (χ1v) is 12.5. The highest BCUT2D eigenvalue weighted by Gasteiger charge is 2.15. The molecule has 3 aromatic carbocycles. The first-order chi connectivity index (χ1) is 16.8. The monoisotopic (exact) mass is 486 g/mol. The summed E-state index contributed by atoms with van der Waals surface area (Å²) >= 11 is 0. The number of nitrogens with zero attached hydrogens (tertiary/aromatic N) is 2. The Morgan fingerprint density at radius 3 is 2.49 bits per heavy atom. The number of pyridine rings is 1. The largest absolute Gasteiger partial charge is 0.322 e. The SMILES string of the molecule is CS(=O)(=O)c1cccc(-c2cnc3n[nH]c(-c4cc(F)cc(NC(=O)c5ccccc5)c4)c3c2)c1. The molecule has 5 aromatic rings. The maximum absolute atomic E-state index is 14.5. The molecule has 0 spiro atoms. The molecule has 174 valence electrons. The molecule has 0 aliphatic carbocycles. The summed E-state index contributed by atoms with van der Waals surface area (Å²) in [5, 5.41) is 10.5. The lowest BCUT2D eigenvalue weighted by Crippen LogP contribution is -2.11. The lowest BCUT2D eigenvalue weighted by atomic mass is 10.0. The number of benzene rings is 3. The molecule has 1 amide bonds. The second-order valence-electron chi connectivity index (χ2n) is 8.04. The number of hydrogen-bond donors (Lipinski definition) is 2. The van der Waals surface area contributed by atoms with Gasteiger partial charge < -0.3 is 5.32 Å². The maximum atomic E-state index is 14.5. The molecule has 2 aromatic heterocycles. The maximum Gasteiger partial charge on any atom is 0.255 e. The van der Waals surface area contributed by atoms with Crippen molar-refractivity contribution in [1.82, 2.24) is 15.2 Å². The molecular formula is C26H19FN4O3S. The smallest absolute Gasteiger partial charge is 0.255 e. The molecule has 9 heteroatoms. The van der Waals surface area contributed by atoms with E-state index in [4.69, 9.17) is 0 Å². The summed E-state index contributed by atoms with van der Waals surface area (Å²) in [4.78, 5) is 17.1. The van der Waals surface area contributed by atoms with Crippen molar-refractivity contribution in [2.45, 2.75) is 4.90 Å². The number of amides is 1. The van der Waals surface area contributed by atoms with Gasteiger partial charge in [-0.25, -0.2) is 17.8 Å². The summed E-state index contributed by atoms with van der Waals surface area (Å²) in [6, 6.07) is 21.3. The Morgan fingerprint density at radius 2 is 1.71 bits per heavy atom. The highest BCUT2D eigenvalue weighted by molar-refractivity contribution is 7.90. The van der Waals surface area contributed by atoms with Crippen molar-refractivity contribution in [3.05, 3.63) is 96.4 Å². The van der Waals surface area contributed by atoms with E-state index in [1.165, 1.54) is 18.2 Å². The Kier molecular flexibility index (Phi) is 5.62. The quantitative estimate of drug-likeness (QED) is 0.360. The fraction of sp³-hybridized carbons (Fsp3) is 0.0385. The van der Waals surface area contributed by atoms with Crippen LogP contribution in [0.25, 0.3) is 33.4 Å². The molecule has 2 heterocycles. The summed E-state index contributed by atoms with van der Waals surface area (Å²) < 4.78 is 38.4. The van der Waals surface area contributed by atoms with Gasteiger partial charge in [0.05, 0.1) is 10.6 Å². The Hall–Kier alpha value is -4.37. The van der Waals surface area contributed by atoms with E-state index in [0.29, 0.717) is 44.7 Å². The standard InChI is InChI=1S/C26H19FN4O3S/c1-35(33,34)22-9-5-8-17(12-22)19-13-23-24(30-31-25(23)28-15-19)18-10-20(27)14-21(11-18)29-26(32)16-6-3-2-4-7-16/h2-15H,1H3,(H,29,32)(H,28,30,31). The number of hydrogen-bond acceptors (Lipinski definition) is 5. The predicted octanol–water partition coefficient (Wildman–Crippen LogP) is 5.09. The van der Waals surface area contributed by atoms with Gasteiger partial charge in [0.1, 0.15) is 5.82 Å². The minimum absolute atomic E-state index is 0.200. The van der Waals surface area contributed by atoms with Crippen LogP contribution in [0.4, 0.5) is 10.1 Å². The van der Waals surface area contributed by atoms with Crippen molar-refractivity contribution in [3.63, 3.8) is 0 Å². The van der Waals surface area contributed by atoms with Gasteiger partial charge in [0, 0.05) is 40.2 Å². The van der Waals surface area contributed by atoms with Crippen LogP contribution in [-0.2, 0) is 9.84 Å². The highest BCUT2D eigenvalue weighted by Crippen LogP contribution is 2.32. The molecule has 0 saturated carbocycles. The molecule has 0 saturated heterocycles. The number of aromatic nitrogens is 3. The van der Waals surface area contributed by atoms with Crippen molar-refractivity contribution >= 4 is 32.5 Å². The summed E-state index contributed by atoms with van der Waals surface area (Å²) in [5.41, 5.74) is 3.51. The summed E-state index contributed by atoms with van der Waals surface area (Å²) in [7, 11) is -3.37. The van der Waals surface area contributed by atoms with Crippen LogP contribution >= 0.6 is 0 Å². The van der Waals surface area contributed by atoms with E-state index in [2.05, 4.69) is 20.5 Å². The second-order valence-corrected chi connectivity index (χ2v) is 10.1. The second kappa shape index (κ2) is 8.77. The molecule has 0 atom stereocenters. The molecule has 0 radical (unpaired) electrons. The van der Waals surface area contributed by atoms with Gasteiger partial charge in [-0.05, 0) is 54.1 Å². The van der Waals surface area contributed by atoms with Crippen molar-refractivity contribution < 1.29 is 17.6 Å². The van der Waals surface area contributed by atoms with Crippen LogP contribution in [0.5, 0.6) is 0 Å². The van der Waals surface area contributed by atoms with E-state index < -0.39 is 15.7 Å². The van der Waals surface area contributed by atoms with Gasteiger partial charge in [0.2, 0.25) is 0 Å². The first-order valence-electron chi connectivity index (χ1n) is 10.6. The predicted molar refractivity (Wildman–Crippen MR) is 132 cm³/mol. The van der Waals surface area contributed by atoms with Gasteiger partial charge in [-0.1, -0.05) is 30.3 Å². The number of carbonyl (C=O) groups excluding carboxylic acids is 1. The first kappa shape index (κ1) is 22.4. The van der Waals surface area contributed by atoms with Gasteiger partial charge in [-0.15, -0.1) is 0 Å². The lowest BCUT2D eigenvalue weighted by molar-refractivity contribution is 0.102. The molecular weight excluding hydrogens is 467 g/mol. The van der Waals surface area contributed by atoms with E-state index in [1.807, 2.05) is 6.07 Å². The van der Waals surface area contributed by atoms with Gasteiger partial charge in [0.15, 0.2) is 15.5 Å². The highest BCUT2D eigenvalue weighted by atomic mass is 32.2. The van der Waals surface area contributed by atoms with Crippen LogP contribution in [0.2, 0.25) is 0 Å². The van der Waals surface area contributed by atoms with Crippen LogP contribution < -0.4 is 5.32 Å². The fourth-order valence-electron chi connectivity index (χ4n) is 3.78. The normalized spacial score (nSPS) is 11.5. The van der Waals surface area contributed by atoms with Crippen molar-refractivity contribution in [2.24, 2.45) is 0 Å². The molecule has 35 heavy (non-hydrogen) atoms. The summed E-state index contributed by atoms with van der Waals surface area (Å²) in [5.74, 6) is -0.884. The Morgan fingerprint density at radius 1 is 0.914 bits per heavy atom. The van der Waals surface area contributed by atoms with Crippen molar-refractivity contribution in [1.29, 1.82) is 0 Å². The number of carbonyl (C=O) groups is 1. The number of anilines is 1. The summed E-state index contributed by atoms with van der Waals surface area (Å²) in [6.45, 7) is 0. The van der Waals surface area contributed by atoms with Crippen LogP contribution in [0.3, 0.4) is 0 Å². The molecule has 0 unspecified atom stereocenters. The van der Waals surface area contributed by atoms with E-state index in [9.17, 15) is 17.6 Å². The Balaban J connectivity index is 1.54. The van der Waals surface area contributed by atoms with E-state index in [1.54, 1.807) is 60.8 Å². The zero-order valence-electron chi connectivity index (χ0n) is 18.5. The average Bonchev–Trinajstić information content (AvgIpc) is 3.27. The Bertz CT molecular complexity index is 1680. The molecule has 0 aliphatic rings. The van der Waals surface area contributed by atoms with Crippen LogP contribution in [-0.4, -0.2) is 35.8 Å². The lowest BCUT2D eigenvalue weighted by Gasteiger charge is -2.08. The van der Waals surface area contributed by atoms with E-state index in [0.717, 1.165) is 6.26 Å². The minimum atomic E-state index is -3.37. The zero-order valence-corrected chi connectivity index (χ0v) is 19.3. The third kappa shape index (κ3) is 4.67. The fourth-order valence-corrected chi connectivity index (χ4v) is 4.45. The van der Waals surface area contributed by atoms with Crippen molar-refractivity contribution in [3.8, 4) is 22.4 Å². The minimum Gasteiger partial charge on any atom is -0.322 e. The van der Waals surface area contributed by atoms with Gasteiger partial charge in [-0.3, -0.25) is 9.89 Å². The summed E-state index contributed by atoms with van der Waals surface area (Å²) in [6.07, 6.45) is 2.76. The third-order valence-electron chi connectivity index (χ3n) is 5.49. The molecule has 5 rings (SSSR count). The van der Waals surface area contributed by atoms with Crippen molar-refractivity contribution in [2.75, 3.05) is 11.6 Å². The third-order valence-corrected chi connectivity index (χ3v) is 6.60. The molecule has 7 nitrogen and oxygen atoms in total. The number of aromatic amines is 1. The molecule has 2 N–H and O–H groups in total. The van der Waals surface area contributed by atoms with Crippen LogP contribution in [0.15, 0.2) is 90.0 Å². The van der Waals surface area contributed by atoms with E-state index in [-0.39, 0.29) is 10.8 Å². The molecule has 0 fully saturated rings. The van der Waals surface area contributed by atoms with Gasteiger partial charge in [0.25, 0.3) is 5.91 Å².